The molecule has 0 heterocycles. The first kappa shape index (κ1) is 40.2. The van der Waals surface area contributed by atoms with Crippen LogP contribution in [-0.4, -0.2) is 44.2 Å². The maximum Gasteiger partial charge on any atom is 0.119 e. The van der Waals surface area contributed by atoms with E-state index in [2.05, 4.69) is 19.0 Å². The molecule has 0 unspecified atom stereocenters. The summed E-state index contributed by atoms with van der Waals surface area (Å²) in [7, 11) is 3.94. The Bertz CT molecular complexity index is 497. The highest BCUT2D eigenvalue weighted by Gasteiger charge is 2.14. The molecule has 0 amide bonds. The van der Waals surface area contributed by atoms with Crippen molar-refractivity contribution in [2.75, 3.05) is 33.7 Å². The Hall–Kier alpha value is -0.970. The van der Waals surface area contributed by atoms with Crippen molar-refractivity contribution in [2.24, 2.45) is 5.18 Å². The average molecular weight is 555 g/mol. The van der Waals surface area contributed by atoms with E-state index in [9.17, 15) is 14.8 Å². The highest BCUT2D eigenvalue weighted by molar-refractivity contribution is 5.65. The van der Waals surface area contributed by atoms with E-state index in [-0.39, 0.29) is 6.54 Å². The summed E-state index contributed by atoms with van der Waals surface area (Å²) in [5.74, 6) is -0.944. The number of nitrogens with zero attached hydrogens (tertiary/aromatic N) is 2. The Morgan fingerprint density at radius 2 is 0.795 bits per heavy atom. The molecule has 0 aromatic heterocycles. The zero-order valence-corrected chi connectivity index (χ0v) is 27.1. The summed E-state index contributed by atoms with van der Waals surface area (Å²) in [4.78, 5) is 20.5. The van der Waals surface area contributed by atoms with E-state index >= 15 is 0 Å². The number of likely N-dealkylation sites (N-methyl/N-ethyl adjacent to an activating group) is 1. The van der Waals surface area contributed by atoms with E-state index in [0.29, 0.717) is 11.0 Å². The monoisotopic (exact) mass is 555 g/mol. The van der Waals surface area contributed by atoms with Crippen molar-refractivity contribution >= 4 is 5.97 Å². The fraction of sp³-hybridized carbons (Fsp3) is 0.971. The van der Waals surface area contributed by atoms with Gasteiger partial charge < -0.3 is 14.4 Å². The van der Waals surface area contributed by atoms with Crippen LogP contribution in [0.5, 0.6) is 0 Å². The number of quaternary nitrogens is 1. The van der Waals surface area contributed by atoms with Crippen LogP contribution >= 0.6 is 0 Å². The van der Waals surface area contributed by atoms with Crippen LogP contribution in [0.15, 0.2) is 5.18 Å². The van der Waals surface area contributed by atoms with Gasteiger partial charge in [0.25, 0.3) is 0 Å². The van der Waals surface area contributed by atoms with Gasteiger partial charge in [0.05, 0.1) is 33.2 Å². The molecule has 0 aromatic rings. The lowest BCUT2D eigenvalue weighted by Crippen LogP contribution is -2.48. The molecule has 0 N–H and O–H groups in total. The standard InChI is InChI=1S/C20H41NO2.C14H29NO/c1-4-5-6-7-8-9-10-11-12-13-14-15-16-17-18-21(2,3)19-20(22)23;1-2-3-4-5-6-7-8-9-10-11-12-13-14-15-16/h4-19H2,1-3H3;2-14H2,1H3. The topological polar surface area (TPSA) is 69.6 Å². The minimum absolute atomic E-state index is 0.123. The van der Waals surface area contributed by atoms with E-state index in [1.54, 1.807) is 0 Å². The predicted molar refractivity (Wildman–Crippen MR) is 169 cm³/mol. The molecule has 0 rings (SSSR count). The van der Waals surface area contributed by atoms with Gasteiger partial charge in [-0.05, 0) is 19.3 Å². The van der Waals surface area contributed by atoms with Crippen molar-refractivity contribution < 1.29 is 14.4 Å². The van der Waals surface area contributed by atoms with Gasteiger partial charge in [-0.1, -0.05) is 167 Å². The number of hydrogen-bond acceptors (Lipinski definition) is 4. The Labute approximate surface area is 244 Å². The summed E-state index contributed by atoms with van der Waals surface area (Å²) in [6.07, 6.45) is 35.0. The third-order valence-electron chi connectivity index (χ3n) is 7.78. The van der Waals surface area contributed by atoms with Gasteiger partial charge in [-0.2, -0.15) is 4.91 Å². The highest BCUT2D eigenvalue weighted by atomic mass is 16.4. The second-order valence-corrected chi connectivity index (χ2v) is 12.5. The quantitative estimate of drug-likeness (QED) is 0.0504. The number of carboxylic acids is 1. The average Bonchev–Trinajstić information content (AvgIpc) is 2.89. The smallest absolute Gasteiger partial charge is 0.119 e. The van der Waals surface area contributed by atoms with Gasteiger partial charge in [-0.15, -0.1) is 0 Å². The first-order chi connectivity index (χ1) is 18.9. The van der Waals surface area contributed by atoms with Gasteiger partial charge in [-0.25, -0.2) is 0 Å². The van der Waals surface area contributed by atoms with Crippen molar-refractivity contribution in [3.05, 3.63) is 4.91 Å². The molecule has 0 bridgehead atoms. The molecule has 0 aliphatic heterocycles. The molecule has 0 fully saturated rings. The second kappa shape index (κ2) is 33.2. The number of rotatable bonds is 30. The number of hydrogen-bond donors (Lipinski definition) is 0. The minimum Gasteiger partial charge on any atom is -0.544 e. The van der Waals surface area contributed by atoms with Gasteiger partial charge >= 0.3 is 0 Å². The van der Waals surface area contributed by atoms with Crippen molar-refractivity contribution in [3.63, 3.8) is 0 Å². The first-order valence-corrected chi connectivity index (χ1v) is 17.2. The molecule has 0 radical (unpaired) electrons. The maximum absolute atomic E-state index is 10.6. The number of unbranched alkanes of at least 4 members (excludes halogenated alkanes) is 24. The number of carbonyl (C=O) groups excluding carboxylic acids is 1. The normalized spacial score (nSPS) is 11.3. The second-order valence-electron chi connectivity index (χ2n) is 12.5. The Morgan fingerprint density at radius 3 is 1.08 bits per heavy atom. The number of carbonyl (C=O) groups is 1. The van der Waals surface area contributed by atoms with Crippen LogP contribution in [0, 0.1) is 4.91 Å². The largest absolute Gasteiger partial charge is 0.544 e. The summed E-state index contributed by atoms with van der Waals surface area (Å²) in [6.45, 7) is 6.11. The van der Waals surface area contributed by atoms with Gasteiger partial charge in [0.15, 0.2) is 0 Å². The lowest BCUT2D eigenvalue weighted by atomic mass is 10.0. The number of carboxylic acid groups (broad SMARTS) is 1. The first-order valence-electron chi connectivity index (χ1n) is 17.2. The molecule has 0 saturated heterocycles. The van der Waals surface area contributed by atoms with Crippen LogP contribution in [0.25, 0.3) is 0 Å². The van der Waals surface area contributed by atoms with Gasteiger partial charge in [-0.3, -0.25) is 0 Å². The fourth-order valence-corrected chi connectivity index (χ4v) is 5.18. The predicted octanol–water partition coefficient (Wildman–Crippen LogP) is 9.75. The Balaban J connectivity index is 0. The molecule has 234 valence electrons. The molecule has 0 saturated carbocycles. The molecule has 0 aromatic carbocycles. The summed E-state index contributed by atoms with van der Waals surface area (Å²) >= 11 is 0. The van der Waals surface area contributed by atoms with E-state index in [0.717, 1.165) is 19.4 Å². The van der Waals surface area contributed by atoms with Crippen molar-refractivity contribution in [1.29, 1.82) is 0 Å². The number of aliphatic carboxylic acids is 1. The molecule has 0 aliphatic carbocycles. The Morgan fingerprint density at radius 1 is 0.513 bits per heavy atom. The van der Waals surface area contributed by atoms with Gasteiger partial charge in [0.1, 0.15) is 6.54 Å². The molecular weight excluding hydrogens is 484 g/mol. The summed E-state index contributed by atoms with van der Waals surface area (Å²) in [6, 6.07) is 0. The molecule has 5 nitrogen and oxygen atoms in total. The molecular formula is C34H70N2O3. The van der Waals surface area contributed by atoms with Crippen LogP contribution in [0.2, 0.25) is 0 Å². The SMILES string of the molecule is CCCCCCCCCCCCCCCC[N+](C)(C)CC(=O)[O-].CCCCCCCCCCCCCCN=O. The fourth-order valence-electron chi connectivity index (χ4n) is 5.18. The van der Waals surface area contributed by atoms with Crippen LogP contribution < -0.4 is 5.11 Å². The van der Waals surface area contributed by atoms with Crippen LogP contribution in [0.1, 0.15) is 181 Å². The molecule has 0 spiro atoms. The van der Waals surface area contributed by atoms with Crippen molar-refractivity contribution in [3.8, 4) is 0 Å². The third kappa shape index (κ3) is 39.2. The number of nitroso groups, excluding NO2 is 1. The zero-order valence-electron chi connectivity index (χ0n) is 27.1. The third-order valence-corrected chi connectivity index (χ3v) is 7.78. The summed E-state index contributed by atoms with van der Waals surface area (Å²) in [5, 5.41) is 13.5. The lowest BCUT2D eigenvalue weighted by molar-refractivity contribution is -0.885. The van der Waals surface area contributed by atoms with E-state index in [4.69, 9.17) is 0 Å². The maximum atomic E-state index is 10.6. The molecule has 5 heteroatoms. The van der Waals surface area contributed by atoms with E-state index in [1.807, 2.05) is 14.1 Å². The lowest BCUT2D eigenvalue weighted by Gasteiger charge is -2.30. The van der Waals surface area contributed by atoms with Crippen LogP contribution in [0.3, 0.4) is 0 Å². The van der Waals surface area contributed by atoms with E-state index < -0.39 is 5.97 Å². The van der Waals surface area contributed by atoms with Gasteiger partial charge in [0.2, 0.25) is 0 Å². The molecule has 0 aliphatic rings. The van der Waals surface area contributed by atoms with Crippen LogP contribution in [-0.2, 0) is 4.79 Å². The molecule has 0 atom stereocenters. The summed E-state index contributed by atoms with van der Waals surface area (Å²) < 4.78 is 0.542. The highest BCUT2D eigenvalue weighted by Crippen LogP contribution is 2.14. The van der Waals surface area contributed by atoms with Gasteiger partial charge in [0, 0.05) is 0 Å². The van der Waals surface area contributed by atoms with Crippen molar-refractivity contribution in [1.82, 2.24) is 0 Å². The minimum atomic E-state index is -0.944. The van der Waals surface area contributed by atoms with Crippen LogP contribution in [0.4, 0.5) is 0 Å². The summed E-state index contributed by atoms with van der Waals surface area (Å²) in [5.41, 5.74) is 0. The van der Waals surface area contributed by atoms with E-state index in [1.165, 1.54) is 154 Å². The van der Waals surface area contributed by atoms with Crippen molar-refractivity contribution in [2.45, 2.75) is 181 Å². The molecule has 39 heavy (non-hydrogen) atoms. The zero-order chi connectivity index (χ0) is 29.3. The Kier molecular flexibility index (Phi) is 34.2.